The first kappa shape index (κ1) is 14.5. The predicted molar refractivity (Wildman–Crippen MR) is 84.1 cm³/mol. The van der Waals surface area contributed by atoms with Crippen molar-refractivity contribution in [1.29, 1.82) is 0 Å². The van der Waals surface area contributed by atoms with Gasteiger partial charge in [0.2, 0.25) is 0 Å². The molecule has 2 aromatic carbocycles. The Hall–Kier alpha value is -1.89. The quantitative estimate of drug-likeness (QED) is 0.786. The van der Waals surface area contributed by atoms with Crippen molar-refractivity contribution >= 4 is 5.78 Å². The highest BCUT2D eigenvalue weighted by atomic mass is 16.1. The van der Waals surface area contributed by atoms with Crippen LogP contribution >= 0.6 is 0 Å². The molecule has 104 valence electrons. The molecule has 0 atom stereocenters. The standard InChI is InChI=1S/C19H22O/c1-14-5-4-6-17(11-14)9-10-19(20)13-18-12-15(2)7-8-16(18)3/h4-8,11-12H,9-10,13H2,1-3H3. The van der Waals surface area contributed by atoms with Crippen LogP contribution < -0.4 is 0 Å². The van der Waals surface area contributed by atoms with Crippen LogP contribution in [-0.4, -0.2) is 5.78 Å². The van der Waals surface area contributed by atoms with Gasteiger partial charge >= 0.3 is 0 Å². The summed E-state index contributed by atoms with van der Waals surface area (Å²) in [6.45, 7) is 6.23. The second-order valence-electron chi connectivity index (χ2n) is 5.63. The first-order chi connectivity index (χ1) is 9.54. The lowest BCUT2D eigenvalue weighted by Crippen LogP contribution is -2.06. The minimum Gasteiger partial charge on any atom is -0.299 e. The summed E-state index contributed by atoms with van der Waals surface area (Å²) < 4.78 is 0. The molecule has 0 spiro atoms. The van der Waals surface area contributed by atoms with E-state index in [0.29, 0.717) is 18.6 Å². The minimum absolute atomic E-state index is 0.320. The zero-order valence-electron chi connectivity index (χ0n) is 12.6. The zero-order valence-corrected chi connectivity index (χ0v) is 12.6. The Morgan fingerprint density at radius 1 is 0.950 bits per heavy atom. The van der Waals surface area contributed by atoms with Gasteiger partial charge in [-0.15, -0.1) is 0 Å². The summed E-state index contributed by atoms with van der Waals surface area (Å²) in [5.41, 5.74) is 6.10. The molecule has 0 aliphatic rings. The number of carbonyl (C=O) groups excluding carboxylic acids is 1. The third-order valence-corrected chi connectivity index (χ3v) is 3.67. The molecule has 0 bridgehead atoms. The van der Waals surface area contributed by atoms with E-state index in [2.05, 4.69) is 63.2 Å². The van der Waals surface area contributed by atoms with E-state index in [1.807, 2.05) is 0 Å². The van der Waals surface area contributed by atoms with Crippen molar-refractivity contribution in [2.45, 2.75) is 40.0 Å². The smallest absolute Gasteiger partial charge is 0.137 e. The largest absolute Gasteiger partial charge is 0.299 e. The second-order valence-corrected chi connectivity index (χ2v) is 5.63. The Balaban J connectivity index is 1.94. The van der Waals surface area contributed by atoms with Gasteiger partial charge < -0.3 is 0 Å². The van der Waals surface area contributed by atoms with E-state index in [4.69, 9.17) is 0 Å². The minimum atomic E-state index is 0.320. The highest BCUT2D eigenvalue weighted by molar-refractivity contribution is 5.81. The molecule has 0 N–H and O–H groups in total. The molecule has 0 aliphatic heterocycles. The first-order valence-electron chi connectivity index (χ1n) is 7.18. The van der Waals surface area contributed by atoms with Gasteiger partial charge in [0.05, 0.1) is 0 Å². The van der Waals surface area contributed by atoms with Gasteiger partial charge in [-0.2, -0.15) is 0 Å². The van der Waals surface area contributed by atoms with Gasteiger partial charge in [0, 0.05) is 12.8 Å². The lowest BCUT2D eigenvalue weighted by Gasteiger charge is -2.07. The van der Waals surface area contributed by atoms with Crippen LogP contribution in [0.4, 0.5) is 0 Å². The van der Waals surface area contributed by atoms with Gasteiger partial charge in [-0.05, 0) is 43.9 Å². The zero-order chi connectivity index (χ0) is 14.5. The third-order valence-electron chi connectivity index (χ3n) is 3.67. The van der Waals surface area contributed by atoms with Gasteiger partial charge in [0.25, 0.3) is 0 Å². The summed E-state index contributed by atoms with van der Waals surface area (Å²) in [7, 11) is 0. The number of carbonyl (C=O) groups is 1. The van der Waals surface area contributed by atoms with Gasteiger partial charge in [-0.3, -0.25) is 4.79 Å². The molecule has 2 rings (SSSR count). The summed E-state index contributed by atoms with van der Waals surface area (Å²) in [5.74, 6) is 0.320. The Labute approximate surface area is 121 Å². The molecule has 0 fully saturated rings. The lowest BCUT2D eigenvalue weighted by molar-refractivity contribution is -0.118. The summed E-state index contributed by atoms with van der Waals surface area (Å²) >= 11 is 0. The normalized spacial score (nSPS) is 10.6. The van der Waals surface area contributed by atoms with Crippen LogP contribution in [0, 0.1) is 20.8 Å². The molecular weight excluding hydrogens is 244 g/mol. The molecule has 0 aliphatic carbocycles. The van der Waals surface area contributed by atoms with Crippen molar-refractivity contribution in [2.75, 3.05) is 0 Å². The highest BCUT2D eigenvalue weighted by Crippen LogP contribution is 2.13. The van der Waals surface area contributed by atoms with E-state index < -0.39 is 0 Å². The van der Waals surface area contributed by atoms with Crippen LogP contribution in [0.5, 0.6) is 0 Å². The van der Waals surface area contributed by atoms with Crippen molar-refractivity contribution in [1.82, 2.24) is 0 Å². The summed E-state index contributed by atoms with van der Waals surface area (Å²) in [6.07, 6.45) is 2.02. The molecule has 0 unspecified atom stereocenters. The lowest BCUT2D eigenvalue weighted by atomic mass is 9.98. The van der Waals surface area contributed by atoms with Crippen LogP contribution in [0.1, 0.15) is 34.2 Å². The molecule has 2 aromatic rings. The van der Waals surface area contributed by atoms with Crippen LogP contribution in [0.15, 0.2) is 42.5 Å². The van der Waals surface area contributed by atoms with E-state index in [1.54, 1.807) is 0 Å². The van der Waals surface area contributed by atoms with Gasteiger partial charge in [-0.25, -0.2) is 0 Å². The number of rotatable bonds is 5. The van der Waals surface area contributed by atoms with Crippen LogP contribution in [0.2, 0.25) is 0 Å². The summed E-state index contributed by atoms with van der Waals surface area (Å²) in [5, 5.41) is 0. The number of Topliss-reactive ketones (excluding diaryl/α,β-unsaturated/α-hetero) is 1. The summed E-state index contributed by atoms with van der Waals surface area (Å²) in [4.78, 5) is 12.1. The molecule has 0 amide bonds. The number of hydrogen-bond donors (Lipinski definition) is 0. The number of benzene rings is 2. The van der Waals surface area contributed by atoms with Crippen molar-refractivity contribution in [3.63, 3.8) is 0 Å². The molecule has 1 heteroatoms. The molecule has 0 radical (unpaired) electrons. The number of aryl methyl sites for hydroxylation is 4. The SMILES string of the molecule is Cc1cccc(CCC(=O)Cc2cc(C)ccc2C)c1. The maximum Gasteiger partial charge on any atom is 0.137 e. The Kier molecular flexibility index (Phi) is 4.73. The van der Waals surface area contributed by atoms with Gasteiger partial charge in [0.15, 0.2) is 0 Å². The molecule has 20 heavy (non-hydrogen) atoms. The molecule has 1 nitrogen and oxygen atoms in total. The van der Waals surface area contributed by atoms with E-state index in [-0.39, 0.29) is 0 Å². The van der Waals surface area contributed by atoms with Gasteiger partial charge in [0.1, 0.15) is 5.78 Å². The predicted octanol–water partition coefficient (Wildman–Crippen LogP) is 4.36. The number of ketones is 1. The van der Waals surface area contributed by atoms with E-state index in [9.17, 15) is 4.79 Å². The van der Waals surface area contributed by atoms with Crippen molar-refractivity contribution in [3.05, 3.63) is 70.3 Å². The first-order valence-corrected chi connectivity index (χ1v) is 7.18. The fraction of sp³-hybridized carbons (Fsp3) is 0.316. The monoisotopic (exact) mass is 266 g/mol. The van der Waals surface area contributed by atoms with E-state index in [0.717, 1.165) is 6.42 Å². The molecular formula is C19H22O. The Morgan fingerprint density at radius 3 is 2.45 bits per heavy atom. The maximum absolute atomic E-state index is 12.1. The average molecular weight is 266 g/mol. The second kappa shape index (κ2) is 6.51. The Morgan fingerprint density at radius 2 is 1.70 bits per heavy atom. The fourth-order valence-electron chi connectivity index (χ4n) is 2.44. The van der Waals surface area contributed by atoms with Crippen LogP contribution in [0.3, 0.4) is 0 Å². The van der Waals surface area contributed by atoms with Crippen LogP contribution in [-0.2, 0) is 17.6 Å². The summed E-state index contributed by atoms with van der Waals surface area (Å²) in [6, 6.07) is 14.7. The molecule has 0 saturated heterocycles. The fourth-order valence-corrected chi connectivity index (χ4v) is 2.44. The van der Waals surface area contributed by atoms with Crippen LogP contribution in [0.25, 0.3) is 0 Å². The molecule has 0 aromatic heterocycles. The van der Waals surface area contributed by atoms with E-state index >= 15 is 0 Å². The molecule has 0 saturated carbocycles. The Bertz CT molecular complexity index is 611. The maximum atomic E-state index is 12.1. The van der Waals surface area contributed by atoms with Crippen molar-refractivity contribution < 1.29 is 4.79 Å². The van der Waals surface area contributed by atoms with Crippen molar-refractivity contribution in [3.8, 4) is 0 Å². The van der Waals surface area contributed by atoms with E-state index in [1.165, 1.54) is 27.8 Å². The average Bonchev–Trinajstić information content (AvgIpc) is 2.41. The highest BCUT2D eigenvalue weighted by Gasteiger charge is 2.07. The van der Waals surface area contributed by atoms with Crippen molar-refractivity contribution in [2.24, 2.45) is 0 Å². The topological polar surface area (TPSA) is 17.1 Å². The molecule has 0 heterocycles. The third kappa shape index (κ3) is 4.06. The van der Waals surface area contributed by atoms with Gasteiger partial charge in [-0.1, -0.05) is 53.6 Å². The number of hydrogen-bond acceptors (Lipinski definition) is 1.